The molecule has 1 fully saturated rings. The Balaban J connectivity index is 1.25. The van der Waals surface area contributed by atoms with Gasteiger partial charge in [0.05, 0.1) is 24.1 Å². The second kappa shape index (κ2) is 10.5. The fourth-order valence-electron chi connectivity index (χ4n) is 4.13. The third-order valence-corrected chi connectivity index (χ3v) is 5.89. The summed E-state index contributed by atoms with van der Waals surface area (Å²) in [5.41, 5.74) is 8.89. The number of para-hydroxylation sites is 2. The van der Waals surface area contributed by atoms with Crippen molar-refractivity contribution in [1.82, 2.24) is 14.7 Å². The standard InChI is InChI=1S/C25H32N4O2/c1-28-23(12-15-27-28)25(20-8-3-2-4-9-20)31-21-13-17-29(18-14-21)16-7-19-30-24-11-6-5-10-22(24)26/h2-6,8-12,15,21,25H,7,13-14,16-19,26H2,1H3. The number of benzene rings is 2. The highest BCUT2D eigenvalue weighted by atomic mass is 16.5. The fourth-order valence-corrected chi connectivity index (χ4v) is 4.13. The highest BCUT2D eigenvalue weighted by Crippen LogP contribution is 2.29. The normalized spacial score (nSPS) is 16.3. The molecular weight excluding hydrogens is 388 g/mol. The number of nitrogens with two attached hydrogens (primary N) is 1. The number of ether oxygens (including phenoxy) is 2. The summed E-state index contributed by atoms with van der Waals surface area (Å²) in [6.45, 7) is 3.81. The number of likely N-dealkylation sites (tertiary alicyclic amines) is 1. The molecule has 0 saturated carbocycles. The molecule has 0 radical (unpaired) electrons. The molecule has 2 aromatic carbocycles. The van der Waals surface area contributed by atoms with Crippen LogP contribution in [0.1, 0.15) is 36.6 Å². The Kier molecular flexibility index (Phi) is 7.22. The Bertz CT molecular complexity index is 935. The maximum absolute atomic E-state index is 6.62. The predicted molar refractivity (Wildman–Crippen MR) is 123 cm³/mol. The van der Waals surface area contributed by atoms with Gasteiger partial charge in [0.15, 0.2) is 0 Å². The van der Waals surface area contributed by atoms with Crippen LogP contribution in [0.4, 0.5) is 5.69 Å². The minimum absolute atomic E-state index is 0.0880. The number of hydrogen-bond donors (Lipinski definition) is 1. The van der Waals surface area contributed by atoms with Gasteiger partial charge in [-0.15, -0.1) is 0 Å². The highest BCUT2D eigenvalue weighted by molar-refractivity contribution is 5.51. The molecule has 1 unspecified atom stereocenters. The molecule has 0 bridgehead atoms. The van der Waals surface area contributed by atoms with Crippen LogP contribution < -0.4 is 10.5 Å². The number of anilines is 1. The lowest BCUT2D eigenvalue weighted by Crippen LogP contribution is -2.38. The first kappa shape index (κ1) is 21.4. The average molecular weight is 421 g/mol. The Morgan fingerprint density at radius 2 is 1.77 bits per heavy atom. The Morgan fingerprint density at radius 3 is 2.48 bits per heavy atom. The lowest BCUT2D eigenvalue weighted by Gasteiger charge is -2.34. The van der Waals surface area contributed by atoms with E-state index in [1.807, 2.05) is 54.3 Å². The van der Waals surface area contributed by atoms with Gasteiger partial charge in [-0.1, -0.05) is 42.5 Å². The Morgan fingerprint density at radius 1 is 1.03 bits per heavy atom. The SMILES string of the molecule is Cn1nccc1C(OC1CCN(CCCOc2ccccc2N)CC1)c1ccccc1. The monoisotopic (exact) mass is 420 g/mol. The number of nitrogens with zero attached hydrogens (tertiary/aromatic N) is 3. The van der Waals surface area contributed by atoms with E-state index < -0.39 is 0 Å². The van der Waals surface area contributed by atoms with Gasteiger partial charge in [0.25, 0.3) is 0 Å². The second-order valence-electron chi connectivity index (χ2n) is 8.09. The van der Waals surface area contributed by atoms with Crippen molar-refractivity contribution in [2.45, 2.75) is 31.5 Å². The first-order chi connectivity index (χ1) is 15.2. The highest BCUT2D eigenvalue weighted by Gasteiger charge is 2.26. The van der Waals surface area contributed by atoms with E-state index in [9.17, 15) is 0 Å². The predicted octanol–water partition coefficient (Wildman–Crippen LogP) is 4.04. The summed E-state index contributed by atoms with van der Waals surface area (Å²) in [7, 11) is 1.97. The van der Waals surface area contributed by atoms with E-state index in [4.69, 9.17) is 15.2 Å². The van der Waals surface area contributed by atoms with Crippen LogP contribution in [0.3, 0.4) is 0 Å². The maximum atomic E-state index is 6.62. The zero-order valence-electron chi connectivity index (χ0n) is 18.2. The summed E-state index contributed by atoms with van der Waals surface area (Å²) >= 11 is 0. The molecule has 31 heavy (non-hydrogen) atoms. The smallest absolute Gasteiger partial charge is 0.142 e. The van der Waals surface area contributed by atoms with Crippen molar-refractivity contribution in [2.75, 3.05) is 32.0 Å². The minimum Gasteiger partial charge on any atom is -0.491 e. The molecule has 4 rings (SSSR count). The van der Waals surface area contributed by atoms with Crippen LogP contribution in [0.5, 0.6) is 5.75 Å². The van der Waals surface area contributed by atoms with Gasteiger partial charge in [0.1, 0.15) is 11.9 Å². The topological polar surface area (TPSA) is 65.5 Å². The van der Waals surface area contributed by atoms with Crippen molar-refractivity contribution in [1.29, 1.82) is 0 Å². The summed E-state index contributed by atoms with van der Waals surface area (Å²) in [6.07, 6.45) is 5.05. The summed E-state index contributed by atoms with van der Waals surface area (Å²) in [5, 5.41) is 4.35. The molecule has 1 aliphatic heterocycles. The zero-order valence-corrected chi connectivity index (χ0v) is 18.2. The van der Waals surface area contributed by atoms with Gasteiger partial charge in [0.2, 0.25) is 0 Å². The number of rotatable bonds is 9. The summed E-state index contributed by atoms with van der Waals surface area (Å²) in [5.74, 6) is 0.775. The Labute approximate surface area is 184 Å². The fraction of sp³-hybridized carbons (Fsp3) is 0.400. The molecule has 0 spiro atoms. The van der Waals surface area contributed by atoms with Crippen LogP contribution in [0, 0.1) is 0 Å². The lowest BCUT2D eigenvalue weighted by molar-refractivity contribution is -0.0301. The molecule has 0 aliphatic carbocycles. The number of piperidine rings is 1. The lowest BCUT2D eigenvalue weighted by atomic mass is 10.0. The number of nitrogen functional groups attached to an aromatic ring is 1. The van der Waals surface area contributed by atoms with Gasteiger partial charge in [0, 0.05) is 32.9 Å². The molecule has 1 aromatic heterocycles. The molecule has 6 nitrogen and oxygen atoms in total. The summed E-state index contributed by atoms with van der Waals surface area (Å²) < 4.78 is 14.3. The Hall–Kier alpha value is -2.83. The van der Waals surface area contributed by atoms with Gasteiger partial charge >= 0.3 is 0 Å². The molecule has 2 N–H and O–H groups in total. The third-order valence-electron chi connectivity index (χ3n) is 5.89. The van der Waals surface area contributed by atoms with Crippen molar-refractivity contribution in [3.63, 3.8) is 0 Å². The van der Waals surface area contributed by atoms with E-state index in [0.29, 0.717) is 12.3 Å². The third kappa shape index (κ3) is 5.66. The molecule has 3 aromatic rings. The molecule has 6 heteroatoms. The first-order valence-corrected chi connectivity index (χ1v) is 11.1. The van der Waals surface area contributed by atoms with E-state index in [1.54, 1.807) is 0 Å². The summed E-state index contributed by atoms with van der Waals surface area (Å²) in [4.78, 5) is 2.50. The molecule has 0 amide bonds. The van der Waals surface area contributed by atoms with Crippen molar-refractivity contribution >= 4 is 5.69 Å². The van der Waals surface area contributed by atoms with Crippen LogP contribution in [-0.2, 0) is 11.8 Å². The zero-order chi connectivity index (χ0) is 21.5. The van der Waals surface area contributed by atoms with Crippen molar-refractivity contribution in [2.24, 2.45) is 7.05 Å². The van der Waals surface area contributed by atoms with Gasteiger partial charge < -0.3 is 20.1 Å². The van der Waals surface area contributed by atoms with Crippen molar-refractivity contribution in [3.8, 4) is 5.75 Å². The molecule has 2 heterocycles. The van der Waals surface area contributed by atoms with Crippen LogP contribution in [0.25, 0.3) is 0 Å². The molecule has 1 aliphatic rings. The van der Waals surface area contributed by atoms with E-state index in [-0.39, 0.29) is 12.2 Å². The molecule has 1 atom stereocenters. The van der Waals surface area contributed by atoms with E-state index >= 15 is 0 Å². The number of hydrogen-bond acceptors (Lipinski definition) is 5. The molecule has 164 valence electrons. The van der Waals surface area contributed by atoms with Crippen LogP contribution in [-0.4, -0.2) is 47.0 Å². The van der Waals surface area contributed by atoms with Crippen molar-refractivity contribution < 1.29 is 9.47 Å². The van der Waals surface area contributed by atoms with Gasteiger partial charge in [-0.2, -0.15) is 5.10 Å². The van der Waals surface area contributed by atoms with Crippen LogP contribution in [0.15, 0.2) is 66.9 Å². The van der Waals surface area contributed by atoms with Crippen molar-refractivity contribution in [3.05, 3.63) is 78.1 Å². The van der Waals surface area contributed by atoms with Crippen LogP contribution >= 0.6 is 0 Å². The molecular formula is C25H32N4O2. The summed E-state index contributed by atoms with van der Waals surface area (Å²) in [6, 6.07) is 20.1. The maximum Gasteiger partial charge on any atom is 0.142 e. The average Bonchev–Trinajstić information content (AvgIpc) is 3.23. The number of aromatic nitrogens is 2. The van der Waals surface area contributed by atoms with Gasteiger partial charge in [-0.05, 0) is 43.0 Å². The largest absolute Gasteiger partial charge is 0.491 e. The number of aryl methyl sites for hydroxylation is 1. The van der Waals surface area contributed by atoms with E-state index in [0.717, 1.165) is 50.3 Å². The van der Waals surface area contributed by atoms with Gasteiger partial charge in [-0.25, -0.2) is 0 Å². The van der Waals surface area contributed by atoms with E-state index in [2.05, 4.69) is 34.3 Å². The van der Waals surface area contributed by atoms with Crippen LogP contribution in [0.2, 0.25) is 0 Å². The van der Waals surface area contributed by atoms with Gasteiger partial charge in [-0.3, -0.25) is 4.68 Å². The second-order valence-corrected chi connectivity index (χ2v) is 8.09. The first-order valence-electron chi connectivity index (χ1n) is 11.1. The molecule has 1 saturated heterocycles. The minimum atomic E-state index is -0.0880. The van der Waals surface area contributed by atoms with E-state index in [1.165, 1.54) is 5.56 Å². The quantitative estimate of drug-likeness (QED) is 0.418.